The van der Waals surface area contributed by atoms with E-state index in [-0.39, 0.29) is 23.7 Å². The summed E-state index contributed by atoms with van der Waals surface area (Å²) in [6.07, 6.45) is 0. The predicted octanol–water partition coefficient (Wildman–Crippen LogP) is 0.851. The van der Waals surface area contributed by atoms with Gasteiger partial charge in [-0.15, -0.1) is 0 Å². The van der Waals surface area contributed by atoms with Crippen LogP contribution in [0.2, 0.25) is 0 Å². The lowest BCUT2D eigenvalue weighted by Crippen LogP contribution is -2.25. The zero-order chi connectivity index (χ0) is 15.7. The van der Waals surface area contributed by atoms with Gasteiger partial charge in [0.2, 0.25) is 0 Å². The molecular weight excluding hydrogens is 278 g/mol. The molecule has 0 spiro atoms. The molecular formula is C13H15N3O5. The van der Waals surface area contributed by atoms with Crippen molar-refractivity contribution in [2.45, 2.75) is 6.92 Å². The molecule has 1 aliphatic rings. The smallest absolute Gasteiger partial charge is 0.308 e. The number of carboxylic acid groups (broad SMARTS) is 1. The molecule has 2 atom stereocenters. The van der Waals surface area contributed by atoms with Crippen molar-refractivity contribution in [2.24, 2.45) is 17.6 Å². The molecule has 2 rings (SSSR count). The van der Waals surface area contributed by atoms with Gasteiger partial charge in [-0.25, -0.2) is 0 Å². The first-order chi connectivity index (χ1) is 9.81. The fourth-order valence-corrected chi connectivity index (χ4v) is 2.60. The molecule has 3 N–H and O–H groups in total. The highest BCUT2D eigenvalue weighted by Crippen LogP contribution is 2.32. The zero-order valence-electron chi connectivity index (χ0n) is 11.4. The number of carboxylic acids is 1. The summed E-state index contributed by atoms with van der Waals surface area (Å²) in [5.41, 5.74) is 5.51. The Morgan fingerprint density at radius 2 is 2.10 bits per heavy atom. The van der Waals surface area contributed by atoms with E-state index in [9.17, 15) is 19.7 Å². The molecule has 0 saturated carbocycles. The summed E-state index contributed by atoms with van der Waals surface area (Å²) in [6.45, 7) is 2.51. The van der Waals surface area contributed by atoms with Gasteiger partial charge in [0.1, 0.15) is 0 Å². The predicted molar refractivity (Wildman–Crippen MR) is 74.1 cm³/mol. The molecule has 0 aromatic heterocycles. The van der Waals surface area contributed by atoms with Crippen LogP contribution >= 0.6 is 0 Å². The van der Waals surface area contributed by atoms with Crippen LogP contribution in [0.1, 0.15) is 17.3 Å². The molecule has 0 aliphatic carbocycles. The number of primary amides is 1. The minimum Gasteiger partial charge on any atom is -0.481 e. The molecule has 0 radical (unpaired) electrons. The highest BCUT2D eigenvalue weighted by molar-refractivity contribution is 5.99. The summed E-state index contributed by atoms with van der Waals surface area (Å²) in [6, 6.07) is 3.84. The quantitative estimate of drug-likeness (QED) is 0.626. The highest BCUT2D eigenvalue weighted by Gasteiger charge is 2.36. The lowest BCUT2D eigenvalue weighted by Gasteiger charge is -2.20. The van der Waals surface area contributed by atoms with Gasteiger partial charge in [-0.3, -0.25) is 19.7 Å². The van der Waals surface area contributed by atoms with E-state index in [1.54, 1.807) is 4.90 Å². The summed E-state index contributed by atoms with van der Waals surface area (Å²) < 4.78 is 0. The second kappa shape index (κ2) is 5.39. The van der Waals surface area contributed by atoms with Gasteiger partial charge in [0.25, 0.3) is 11.6 Å². The Hall–Kier alpha value is -2.64. The van der Waals surface area contributed by atoms with E-state index in [4.69, 9.17) is 10.8 Å². The maximum Gasteiger partial charge on any atom is 0.308 e. The number of aliphatic carboxylic acids is 1. The molecule has 8 heteroatoms. The third-order valence-electron chi connectivity index (χ3n) is 3.73. The van der Waals surface area contributed by atoms with E-state index in [1.807, 2.05) is 6.92 Å². The number of rotatable bonds is 4. The van der Waals surface area contributed by atoms with Crippen molar-refractivity contribution in [3.8, 4) is 0 Å². The molecule has 0 unspecified atom stereocenters. The molecule has 0 bridgehead atoms. The SMILES string of the molecule is C[C@@H]1CN(c2ccc([N+](=O)[O-])cc2C(N)=O)C[C@H]1C(=O)O. The standard InChI is InChI=1S/C13H15N3O5/c1-7-5-15(6-10(7)13(18)19)11-3-2-8(16(20)21)4-9(11)12(14)17/h2-4,7,10H,5-6H2,1H3,(H2,14,17)(H,18,19)/t7-,10-/m1/s1. The summed E-state index contributed by atoms with van der Waals surface area (Å²) in [5, 5.41) is 19.9. The van der Waals surface area contributed by atoms with Crippen LogP contribution in [0.3, 0.4) is 0 Å². The summed E-state index contributed by atoms with van der Waals surface area (Å²) in [5.74, 6) is -2.30. The molecule has 8 nitrogen and oxygen atoms in total. The average molecular weight is 293 g/mol. The van der Waals surface area contributed by atoms with Crippen molar-refractivity contribution >= 4 is 23.3 Å². The number of anilines is 1. The molecule has 1 aliphatic heterocycles. The maximum atomic E-state index is 11.5. The van der Waals surface area contributed by atoms with Crippen LogP contribution in [-0.2, 0) is 4.79 Å². The maximum absolute atomic E-state index is 11.5. The Morgan fingerprint density at radius 1 is 1.43 bits per heavy atom. The molecule has 1 aromatic carbocycles. The largest absolute Gasteiger partial charge is 0.481 e. The van der Waals surface area contributed by atoms with Crippen molar-refractivity contribution in [3.05, 3.63) is 33.9 Å². The molecule has 1 amide bonds. The van der Waals surface area contributed by atoms with Crippen LogP contribution in [0.15, 0.2) is 18.2 Å². The Bertz CT molecular complexity index is 616. The van der Waals surface area contributed by atoms with E-state index < -0.39 is 22.7 Å². The first kappa shape index (κ1) is 14.8. The minimum atomic E-state index is -0.896. The van der Waals surface area contributed by atoms with Gasteiger partial charge in [-0.1, -0.05) is 6.92 Å². The Kier molecular flexibility index (Phi) is 3.79. The van der Waals surface area contributed by atoms with E-state index in [0.717, 1.165) is 6.07 Å². The summed E-state index contributed by atoms with van der Waals surface area (Å²) >= 11 is 0. The first-order valence-corrected chi connectivity index (χ1v) is 6.37. The van der Waals surface area contributed by atoms with Crippen LogP contribution in [0.25, 0.3) is 0 Å². The number of hydrogen-bond donors (Lipinski definition) is 2. The van der Waals surface area contributed by atoms with Crippen molar-refractivity contribution in [1.82, 2.24) is 0 Å². The van der Waals surface area contributed by atoms with Crippen LogP contribution in [0.4, 0.5) is 11.4 Å². The topological polar surface area (TPSA) is 127 Å². The number of amides is 1. The monoisotopic (exact) mass is 293 g/mol. The summed E-state index contributed by atoms with van der Waals surface area (Å²) in [4.78, 5) is 34.5. The molecule has 1 heterocycles. The van der Waals surface area contributed by atoms with Crippen molar-refractivity contribution in [2.75, 3.05) is 18.0 Å². The molecule has 1 aromatic rings. The molecule has 112 valence electrons. The Balaban J connectivity index is 2.38. The van der Waals surface area contributed by atoms with Gasteiger partial charge in [0.05, 0.1) is 22.1 Å². The van der Waals surface area contributed by atoms with E-state index in [2.05, 4.69) is 0 Å². The zero-order valence-corrected chi connectivity index (χ0v) is 11.4. The van der Waals surface area contributed by atoms with Crippen LogP contribution in [0, 0.1) is 22.0 Å². The second-order valence-corrected chi connectivity index (χ2v) is 5.15. The van der Waals surface area contributed by atoms with Crippen molar-refractivity contribution in [1.29, 1.82) is 0 Å². The first-order valence-electron chi connectivity index (χ1n) is 6.37. The number of hydrogen-bond acceptors (Lipinski definition) is 5. The third-order valence-corrected chi connectivity index (χ3v) is 3.73. The number of nitrogens with zero attached hydrogens (tertiary/aromatic N) is 2. The van der Waals surface area contributed by atoms with E-state index in [1.165, 1.54) is 12.1 Å². The number of carbonyl (C=O) groups is 2. The fraction of sp³-hybridized carbons (Fsp3) is 0.385. The lowest BCUT2D eigenvalue weighted by molar-refractivity contribution is -0.384. The average Bonchev–Trinajstić information content (AvgIpc) is 2.80. The number of non-ortho nitro benzene ring substituents is 1. The lowest BCUT2D eigenvalue weighted by atomic mass is 9.99. The molecule has 1 fully saturated rings. The van der Waals surface area contributed by atoms with Gasteiger partial charge in [-0.2, -0.15) is 0 Å². The van der Waals surface area contributed by atoms with Gasteiger partial charge in [0, 0.05) is 25.2 Å². The number of carbonyl (C=O) groups excluding carboxylic acids is 1. The number of nitro benzene ring substituents is 1. The van der Waals surface area contributed by atoms with E-state index in [0.29, 0.717) is 12.2 Å². The van der Waals surface area contributed by atoms with Gasteiger partial charge >= 0.3 is 5.97 Å². The second-order valence-electron chi connectivity index (χ2n) is 5.15. The summed E-state index contributed by atoms with van der Waals surface area (Å²) in [7, 11) is 0. The van der Waals surface area contributed by atoms with Gasteiger partial charge in [0.15, 0.2) is 0 Å². The van der Waals surface area contributed by atoms with Crippen molar-refractivity contribution in [3.63, 3.8) is 0 Å². The van der Waals surface area contributed by atoms with Gasteiger partial charge in [-0.05, 0) is 12.0 Å². The Morgan fingerprint density at radius 3 is 2.57 bits per heavy atom. The Labute approximate surface area is 120 Å². The fourth-order valence-electron chi connectivity index (χ4n) is 2.60. The van der Waals surface area contributed by atoms with Gasteiger partial charge < -0.3 is 15.7 Å². The highest BCUT2D eigenvalue weighted by atomic mass is 16.6. The minimum absolute atomic E-state index is 0.0300. The van der Waals surface area contributed by atoms with Crippen molar-refractivity contribution < 1.29 is 19.6 Å². The van der Waals surface area contributed by atoms with Crippen LogP contribution < -0.4 is 10.6 Å². The third kappa shape index (κ3) is 2.78. The van der Waals surface area contributed by atoms with Crippen LogP contribution in [-0.4, -0.2) is 35.0 Å². The molecule has 21 heavy (non-hydrogen) atoms. The van der Waals surface area contributed by atoms with E-state index >= 15 is 0 Å². The number of nitro groups is 1. The normalized spacial score (nSPS) is 21.3. The molecule has 1 saturated heterocycles. The number of benzene rings is 1. The number of nitrogens with two attached hydrogens (primary N) is 1. The van der Waals surface area contributed by atoms with Crippen LogP contribution in [0.5, 0.6) is 0 Å².